The summed E-state index contributed by atoms with van der Waals surface area (Å²) in [4.78, 5) is 0. The largest absolute Gasteiger partial charge is 0.508 e. The number of phenols is 1. The standard InChI is InChI=1S/C15H17NO2/c17-11-14-3-1-12(2-4-14)9-16-10-13-5-7-15(18)8-6-13/h1-8,16-18H,9-11H2. The lowest BCUT2D eigenvalue weighted by Gasteiger charge is -2.06. The van der Waals surface area contributed by atoms with Crippen molar-refractivity contribution in [1.82, 2.24) is 5.32 Å². The van der Waals surface area contributed by atoms with Crippen molar-refractivity contribution in [3.8, 4) is 5.75 Å². The number of hydrogen-bond donors (Lipinski definition) is 3. The van der Waals surface area contributed by atoms with Crippen LogP contribution in [0.2, 0.25) is 0 Å². The molecule has 0 spiro atoms. The Bertz CT molecular complexity index is 477. The van der Waals surface area contributed by atoms with Crippen molar-refractivity contribution in [3.05, 3.63) is 65.2 Å². The maximum atomic E-state index is 9.17. The fourth-order valence-corrected chi connectivity index (χ4v) is 1.73. The summed E-state index contributed by atoms with van der Waals surface area (Å²) < 4.78 is 0. The molecule has 0 aliphatic rings. The van der Waals surface area contributed by atoms with Crippen molar-refractivity contribution in [1.29, 1.82) is 0 Å². The van der Waals surface area contributed by atoms with Crippen LogP contribution in [0.3, 0.4) is 0 Å². The highest BCUT2D eigenvalue weighted by Crippen LogP contribution is 2.09. The molecule has 0 amide bonds. The summed E-state index contributed by atoms with van der Waals surface area (Å²) in [5.74, 6) is 0.290. The number of nitrogens with one attached hydrogen (secondary N) is 1. The number of aliphatic hydroxyl groups is 1. The van der Waals surface area contributed by atoms with Crippen LogP contribution in [0.15, 0.2) is 48.5 Å². The molecule has 94 valence electrons. The first-order valence-electron chi connectivity index (χ1n) is 5.95. The molecule has 0 radical (unpaired) electrons. The van der Waals surface area contributed by atoms with Crippen LogP contribution in [0.1, 0.15) is 16.7 Å². The van der Waals surface area contributed by atoms with Crippen molar-refractivity contribution in [3.63, 3.8) is 0 Å². The molecule has 0 aliphatic carbocycles. The Labute approximate surface area is 107 Å². The normalized spacial score (nSPS) is 10.5. The maximum Gasteiger partial charge on any atom is 0.115 e. The third kappa shape index (κ3) is 3.58. The highest BCUT2D eigenvalue weighted by Gasteiger charge is 1.96. The highest BCUT2D eigenvalue weighted by atomic mass is 16.3. The number of phenolic OH excluding ortho intramolecular Hbond substituents is 1. The average Bonchev–Trinajstić information content (AvgIpc) is 2.42. The molecule has 0 heterocycles. The minimum Gasteiger partial charge on any atom is -0.508 e. The molecule has 3 heteroatoms. The summed E-state index contributed by atoms with van der Waals surface area (Å²) in [7, 11) is 0. The Balaban J connectivity index is 1.82. The number of aliphatic hydroxyl groups excluding tert-OH is 1. The second-order valence-electron chi connectivity index (χ2n) is 4.24. The van der Waals surface area contributed by atoms with Gasteiger partial charge >= 0.3 is 0 Å². The van der Waals surface area contributed by atoms with Gasteiger partial charge in [-0.25, -0.2) is 0 Å². The fraction of sp³-hybridized carbons (Fsp3) is 0.200. The first-order chi connectivity index (χ1) is 8.78. The van der Waals surface area contributed by atoms with Gasteiger partial charge in [-0.2, -0.15) is 0 Å². The van der Waals surface area contributed by atoms with Crippen LogP contribution in [-0.2, 0) is 19.7 Å². The van der Waals surface area contributed by atoms with Gasteiger partial charge in [-0.05, 0) is 28.8 Å². The fourth-order valence-electron chi connectivity index (χ4n) is 1.73. The van der Waals surface area contributed by atoms with E-state index in [-0.39, 0.29) is 6.61 Å². The Morgan fingerprint density at radius 3 is 1.67 bits per heavy atom. The number of benzene rings is 2. The van der Waals surface area contributed by atoms with E-state index in [1.54, 1.807) is 12.1 Å². The van der Waals surface area contributed by atoms with Gasteiger partial charge in [0.15, 0.2) is 0 Å². The van der Waals surface area contributed by atoms with Crippen LogP contribution in [0, 0.1) is 0 Å². The molecule has 0 aliphatic heterocycles. The molecule has 0 saturated heterocycles. The molecule has 3 nitrogen and oxygen atoms in total. The molecule has 18 heavy (non-hydrogen) atoms. The molecule has 0 atom stereocenters. The molecule has 0 bridgehead atoms. The van der Waals surface area contributed by atoms with E-state index in [1.165, 1.54) is 5.56 Å². The first-order valence-corrected chi connectivity index (χ1v) is 5.95. The van der Waals surface area contributed by atoms with E-state index in [4.69, 9.17) is 10.2 Å². The van der Waals surface area contributed by atoms with E-state index < -0.39 is 0 Å². The summed E-state index contributed by atoms with van der Waals surface area (Å²) in [6.45, 7) is 1.63. The van der Waals surface area contributed by atoms with Gasteiger partial charge in [-0.1, -0.05) is 36.4 Å². The molecule has 0 saturated carbocycles. The third-order valence-electron chi connectivity index (χ3n) is 2.80. The molecule has 2 aromatic rings. The lowest BCUT2D eigenvalue weighted by molar-refractivity contribution is 0.282. The van der Waals surface area contributed by atoms with Crippen molar-refractivity contribution < 1.29 is 10.2 Å². The molecule has 3 N–H and O–H groups in total. The summed E-state index contributed by atoms with van der Waals surface area (Å²) in [6, 6.07) is 15.0. The van der Waals surface area contributed by atoms with Crippen LogP contribution in [0.5, 0.6) is 5.75 Å². The van der Waals surface area contributed by atoms with E-state index in [2.05, 4.69) is 5.32 Å². The molecular formula is C15H17NO2. The highest BCUT2D eigenvalue weighted by molar-refractivity contribution is 5.26. The monoisotopic (exact) mass is 243 g/mol. The second-order valence-corrected chi connectivity index (χ2v) is 4.24. The first kappa shape index (κ1) is 12.6. The Kier molecular flexibility index (Phi) is 4.34. The predicted octanol–water partition coefficient (Wildman–Crippen LogP) is 2.17. The minimum absolute atomic E-state index is 0.0845. The Morgan fingerprint density at radius 1 is 0.722 bits per heavy atom. The molecule has 0 fully saturated rings. The topological polar surface area (TPSA) is 52.5 Å². The van der Waals surface area contributed by atoms with Gasteiger partial charge < -0.3 is 15.5 Å². The molecule has 0 unspecified atom stereocenters. The van der Waals surface area contributed by atoms with E-state index in [1.807, 2.05) is 36.4 Å². The smallest absolute Gasteiger partial charge is 0.115 e. The SMILES string of the molecule is OCc1ccc(CNCc2ccc(O)cc2)cc1. The zero-order valence-electron chi connectivity index (χ0n) is 10.1. The molecular weight excluding hydrogens is 226 g/mol. The van der Waals surface area contributed by atoms with Crippen LogP contribution in [-0.4, -0.2) is 10.2 Å². The van der Waals surface area contributed by atoms with E-state index in [0.717, 1.165) is 24.2 Å². The third-order valence-corrected chi connectivity index (χ3v) is 2.80. The van der Waals surface area contributed by atoms with Crippen LogP contribution in [0.25, 0.3) is 0 Å². The van der Waals surface area contributed by atoms with Gasteiger partial charge in [0.05, 0.1) is 6.61 Å². The zero-order chi connectivity index (χ0) is 12.8. The van der Waals surface area contributed by atoms with Gasteiger partial charge in [-0.15, -0.1) is 0 Å². The summed E-state index contributed by atoms with van der Waals surface area (Å²) in [6.07, 6.45) is 0. The minimum atomic E-state index is 0.0845. The van der Waals surface area contributed by atoms with Gasteiger partial charge in [0.1, 0.15) is 5.75 Å². The zero-order valence-corrected chi connectivity index (χ0v) is 10.1. The molecule has 2 aromatic carbocycles. The molecule has 2 rings (SSSR count). The Hall–Kier alpha value is -1.84. The van der Waals surface area contributed by atoms with Gasteiger partial charge in [0, 0.05) is 13.1 Å². The summed E-state index contributed by atoms with van der Waals surface area (Å²) in [5.41, 5.74) is 3.25. The predicted molar refractivity (Wildman–Crippen MR) is 71.0 cm³/mol. The van der Waals surface area contributed by atoms with Crippen LogP contribution in [0.4, 0.5) is 0 Å². The number of aromatic hydroxyl groups is 1. The van der Waals surface area contributed by atoms with Crippen molar-refractivity contribution >= 4 is 0 Å². The van der Waals surface area contributed by atoms with Crippen molar-refractivity contribution in [2.45, 2.75) is 19.7 Å². The van der Waals surface area contributed by atoms with Gasteiger partial charge in [-0.3, -0.25) is 0 Å². The Morgan fingerprint density at radius 2 is 1.17 bits per heavy atom. The average molecular weight is 243 g/mol. The number of rotatable bonds is 5. The second kappa shape index (κ2) is 6.19. The lowest BCUT2D eigenvalue weighted by atomic mass is 10.1. The maximum absolute atomic E-state index is 9.17. The van der Waals surface area contributed by atoms with E-state index in [0.29, 0.717) is 5.75 Å². The van der Waals surface area contributed by atoms with E-state index >= 15 is 0 Å². The molecule has 0 aromatic heterocycles. The van der Waals surface area contributed by atoms with Gasteiger partial charge in [0.2, 0.25) is 0 Å². The van der Waals surface area contributed by atoms with Crippen molar-refractivity contribution in [2.24, 2.45) is 0 Å². The van der Waals surface area contributed by atoms with Crippen LogP contribution < -0.4 is 5.32 Å². The lowest BCUT2D eigenvalue weighted by Crippen LogP contribution is -2.12. The number of hydrogen-bond acceptors (Lipinski definition) is 3. The van der Waals surface area contributed by atoms with Crippen LogP contribution >= 0.6 is 0 Å². The van der Waals surface area contributed by atoms with E-state index in [9.17, 15) is 0 Å². The van der Waals surface area contributed by atoms with Crippen molar-refractivity contribution in [2.75, 3.05) is 0 Å². The summed E-state index contributed by atoms with van der Waals surface area (Å²) in [5, 5.41) is 21.4. The quantitative estimate of drug-likeness (QED) is 0.754. The van der Waals surface area contributed by atoms with Gasteiger partial charge in [0.25, 0.3) is 0 Å². The summed E-state index contributed by atoms with van der Waals surface area (Å²) >= 11 is 0.